The lowest BCUT2D eigenvalue weighted by Gasteiger charge is -2.06. The van der Waals surface area contributed by atoms with Crippen molar-refractivity contribution in [1.82, 2.24) is 0 Å². The van der Waals surface area contributed by atoms with Crippen molar-refractivity contribution in [3.63, 3.8) is 0 Å². The van der Waals surface area contributed by atoms with Crippen LogP contribution in [0.15, 0.2) is 4.95 Å². The highest BCUT2D eigenvalue weighted by Gasteiger charge is 2.25. The lowest BCUT2D eigenvalue weighted by molar-refractivity contribution is 0.384. The van der Waals surface area contributed by atoms with Gasteiger partial charge in [-0.1, -0.05) is 0 Å². The largest absolute Gasteiger partial charge is 0.356 e. The highest BCUT2D eigenvalue weighted by atomic mass is 31.3. The highest BCUT2D eigenvalue weighted by molar-refractivity contribution is 7.67. The Balaban J connectivity index is 4.31. The Labute approximate surface area is 57.6 Å². The van der Waals surface area contributed by atoms with E-state index >= 15 is 0 Å². The molecule has 0 saturated heterocycles. The zero-order valence-electron chi connectivity index (χ0n) is 5.42. The molecule has 0 aliphatic rings. The van der Waals surface area contributed by atoms with Crippen LogP contribution in [0.3, 0.4) is 0 Å². The molecule has 0 spiro atoms. The van der Waals surface area contributed by atoms with E-state index in [4.69, 9.17) is 4.89 Å². The smallest absolute Gasteiger partial charge is 0.324 e. The van der Waals surface area contributed by atoms with Crippen molar-refractivity contribution in [3.05, 3.63) is 4.91 Å². The van der Waals surface area contributed by atoms with E-state index in [-0.39, 0.29) is 0 Å². The Bertz CT molecular complexity index is 218. The number of nitroso groups, excluding NO2 is 1. The molecule has 60 valence electrons. The number of nitrogens with zero attached hydrogens (tertiary/aromatic N) is 1. The van der Waals surface area contributed by atoms with Crippen molar-refractivity contribution < 1.29 is 18.3 Å². The summed E-state index contributed by atoms with van der Waals surface area (Å²) in [6.07, 6.45) is 0. The first-order valence-electron chi connectivity index (χ1n) is 2.21. The predicted molar refractivity (Wildman–Crippen MR) is 36.2 cm³/mol. The van der Waals surface area contributed by atoms with Crippen LogP contribution < -0.4 is 0 Å². The summed E-state index contributed by atoms with van der Waals surface area (Å²) in [5.74, 6) is 0. The van der Waals surface area contributed by atoms with Crippen LogP contribution in [-0.2, 0) is 13.4 Å². The van der Waals surface area contributed by atoms with Crippen molar-refractivity contribution in [3.8, 4) is 0 Å². The van der Waals surface area contributed by atoms with Crippen LogP contribution in [0, 0.1) is 4.91 Å². The van der Waals surface area contributed by atoms with Crippen LogP contribution in [0.5, 0.6) is 0 Å². The molecule has 2 unspecified atom stereocenters. The molecular formula is C2H7NO5P2. The molecule has 0 saturated carbocycles. The topological polar surface area (TPSA) is 93.0 Å². The average Bonchev–Trinajstić information content (AvgIpc) is 1.60. The highest BCUT2D eigenvalue weighted by Crippen LogP contribution is 2.58. The average molecular weight is 187 g/mol. The molecule has 10 heavy (non-hydrogen) atoms. The van der Waals surface area contributed by atoms with E-state index in [1.807, 2.05) is 0 Å². The van der Waals surface area contributed by atoms with Crippen LogP contribution in [-0.4, -0.2) is 18.2 Å². The van der Waals surface area contributed by atoms with E-state index < -0.39 is 15.1 Å². The van der Waals surface area contributed by atoms with Gasteiger partial charge in [-0.3, -0.25) is 9.13 Å². The van der Waals surface area contributed by atoms with Gasteiger partial charge in [0.05, 0.1) is 0 Å². The first-order chi connectivity index (χ1) is 4.27. The third-order valence-electron chi connectivity index (χ3n) is 0.451. The van der Waals surface area contributed by atoms with E-state index in [2.05, 4.69) is 9.26 Å². The molecule has 0 bridgehead atoms. The minimum Gasteiger partial charge on any atom is -0.324 e. The van der Waals surface area contributed by atoms with Gasteiger partial charge in [-0.25, -0.2) is 4.31 Å². The summed E-state index contributed by atoms with van der Waals surface area (Å²) in [6, 6.07) is 0. The maximum absolute atomic E-state index is 10.6. The van der Waals surface area contributed by atoms with Crippen LogP contribution in [0.4, 0.5) is 0 Å². The van der Waals surface area contributed by atoms with Gasteiger partial charge < -0.3 is 4.89 Å². The first kappa shape index (κ1) is 9.98. The summed E-state index contributed by atoms with van der Waals surface area (Å²) in [7, 11) is -7.60. The molecule has 0 aliphatic heterocycles. The molecule has 0 radical (unpaired) electrons. The normalized spacial score (nSPS) is 22.7. The summed E-state index contributed by atoms with van der Waals surface area (Å²) >= 11 is 0. The van der Waals surface area contributed by atoms with E-state index in [9.17, 15) is 14.0 Å². The van der Waals surface area contributed by atoms with Gasteiger partial charge in [0.1, 0.15) is 0 Å². The van der Waals surface area contributed by atoms with Gasteiger partial charge in [0.15, 0.2) is 0 Å². The minimum atomic E-state index is -3.86. The Hall–Kier alpha value is -0.0200. The van der Waals surface area contributed by atoms with Gasteiger partial charge in [-0.2, -0.15) is 0 Å². The summed E-state index contributed by atoms with van der Waals surface area (Å²) in [5, 5.41) is 0. The molecule has 2 atom stereocenters. The zero-order chi connectivity index (χ0) is 8.41. The molecule has 1 N–H and O–H groups in total. The van der Waals surface area contributed by atoms with Crippen LogP contribution in [0.25, 0.3) is 0 Å². The maximum Gasteiger partial charge on any atom is 0.356 e. The van der Waals surface area contributed by atoms with E-state index in [0.29, 0.717) is 0 Å². The second kappa shape index (κ2) is 2.93. The van der Waals surface area contributed by atoms with Crippen LogP contribution >= 0.6 is 15.1 Å². The fourth-order valence-corrected chi connectivity index (χ4v) is 2.66. The Morgan fingerprint density at radius 1 is 1.40 bits per heavy atom. The Morgan fingerprint density at radius 3 is 1.90 bits per heavy atom. The fourth-order valence-electron chi connectivity index (χ4n) is 0.296. The summed E-state index contributed by atoms with van der Waals surface area (Å²) in [5.41, 5.74) is 0. The Kier molecular flexibility index (Phi) is 2.92. The first-order valence-corrected chi connectivity index (χ1v) is 6.26. The second-order valence-corrected chi connectivity index (χ2v) is 5.80. The molecule has 0 aromatic rings. The molecule has 8 heteroatoms. The van der Waals surface area contributed by atoms with Crippen LogP contribution in [0.1, 0.15) is 0 Å². The summed E-state index contributed by atoms with van der Waals surface area (Å²) < 4.78 is 24.9. The van der Waals surface area contributed by atoms with E-state index in [0.717, 1.165) is 13.3 Å². The lowest BCUT2D eigenvalue weighted by Crippen LogP contribution is -1.81. The third-order valence-corrected chi connectivity index (χ3v) is 3.17. The lowest BCUT2D eigenvalue weighted by atomic mass is 12.0. The van der Waals surface area contributed by atoms with Gasteiger partial charge >= 0.3 is 15.1 Å². The summed E-state index contributed by atoms with van der Waals surface area (Å²) in [4.78, 5) is 20.1. The maximum atomic E-state index is 10.6. The van der Waals surface area contributed by atoms with Crippen molar-refractivity contribution in [1.29, 1.82) is 0 Å². The van der Waals surface area contributed by atoms with Crippen molar-refractivity contribution in [2.24, 2.45) is 4.95 Å². The minimum absolute atomic E-state index is 0.828. The van der Waals surface area contributed by atoms with E-state index in [1.54, 1.807) is 0 Å². The van der Waals surface area contributed by atoms with E-state index in [1.165, 1.54) is 0 Å². The van der Waals surface area contributed by atoms with Gasteiger partial charge in [0.2, 0.25) is 0 Å². The van der Waals surface area contributed by atoms with Gasteiger partial charge in [-0.15, -0.1) is 4.91 Å². The van der Waals surface area contributed by atoms with Crippen molar-refractivity contribution >= 4 is 15.1 Å². The molecule has 0 aliphatic carbocycles. The second-order valence-electron chi connectivity index (χ2n) is 1.77. The molecule has 0 rings (SSSR count). The van der Waals surface area contributed by atoms with Crippen molar-refractivity contribution in [2.45, 2.75) is 0 Å². The predicted octanol–water partition coefficient (Wildman–Crippen LogP) is 1.41. The molecular weight excluding hydrogens is 180 g/mol. The van der Waals surface area contributed by atoms with Crippen molar-refractivity contribution in [2.75, 3.05) is 13.3 Å². The quantitative estimate of drug-likeness (QED) is 0.532. The molecule has 0 aromatic carbocycles. The van der Waals surface area contributed by atoms with Gasteiger partial charge in [0, 0.05) is 18.3 Å². The number of hydrogen-bond donors (Lipinski definition) is 1. The van der Waals surface area contributed by atoms with Crippen LogP contribution in [0.2, 0.25) is 0 Å². The number of rotatable bonds is 3. The Morgan fingerprint density at radius 2 is 1.80 bits per heavy atom. The molecule has 0 amide bonds. The van der Waals surface area contributed by atoms with Gasteiger partial charge in [-0.05, 0) is 0 Å². The third kappa shape index (κ3) is 4.82. The fraction of sp³-hybridized carbons (Fsp3) is 1.00. The molecule has 0 fully saturated rings. The SMILES string of the molecule is CP(=O)(O)OP(C)(=O)N=O. The molecule has 0 heterocycles. The zero-order valence-corrected chi connectivity index (χ0v) is 7.21. The molecule has 6 nitrogen and oxygen atoms in total. The standard InChI is InChI=1S/C2H7NO5P2/c1-9(5,3-4)8-10(2,6)7/h1-2H3,(H,6,7). The monoisotopic (exact) mass is 187 g/mol. The summed E-state index contributed by atoms with van der Waals surface area (Å²) in [6.45, 7) is 1.70. The van der Waals surface area contributed by atoms with Gasteiger partial charge in [0.25, 0.3) is 0 Å². The number of hydrogen-bond acceptors (Lipinski definition) is 4. The molecule has 0 aromatic heterocycles.